The molecule has 0 atom stereocenters. The summed E-state index contributed by atoms with van der Waals surface area (Å²) in [6.07, 6.45) is 0. The Morgan fingerprint density at radius 1 is 0.328 bits per heavy atom. The van der Waals surface area contributed by atoms with E-state index in [-0.39, 0.29) is 0 Å². The first kappa shape index (κ1) is 35.0. The summed E-state index contributed by atoms with van der Waals surface area (Å²) in [6.45, 7) is 0. The summed E-state index contributed by atoms with van der Waals surface area (Å²) in [7, 11) is 0. The van der Waals surface area contributed by atoms with E-state index in [1.807, 2.05) is 0 Å². The van der Waals surface area contributed by atoms with Gasteiger partial charge in [-0.2, -0.15) is 0 Å². The Balaban J connectivity index is 1.01. The lowest BCUT2D eigenvalue weighted by Crippen LogP contribution is -2.28. The Labute approximate surface area is 355 Å². The Hall–Kier alpha value is -7.94. The topological polar surface area (TPSA) is 16.4 Å². The van der Waals surface area contributed by atoms with Crippen LogP contribution in [0.3, 0.4) is 0 Å². The van der Waals surface area contributed by atoms with Crippen molar-refractivity contribution in [1.29, 1.82) is 0 Å². The maximum atomic E-state index is 6.50. The number of hydrogen-bond donors (Lipinski definition) is 0. The molecule has 61 heavy (non-hydrogen) atoms. The van der Waals surface area contributed by atoms with Gasteiger partial charge in [0, 0.05) is 27.8 Å². The molecular formula is C59H39NO. The maximum Gasteiger partial charge on any atom is 0.136 e. The van der Waals surface area contributed by atoms with Crippen molar-refractivity contribution in [3.63, 3.8) is 0 Å². The zero-order chi connectivity index (χ0) is 40.3. The highest BCUT2D eigenvalue weighted by Gasteiger charge is 2.46. The van der Waals surface area contributed by atoms with Gasteiger partial charge < -0.3 is 9.32 Å². The largest absolute Gasteiger partial charge is 0.456 e. The van der Waals surface area contributed by atoms with Crippen LogP contribution in [0.2, 0.25) is 0 Å². The van der Waals surface area contributed by atoms with Crippen LogP contribution >= 0.6 is 0 Å². The highest BCUT2D eigenvalue weighted by atomic mass is 16.3. The predicted molar refractivity (Wildman–Crippen MR) is 254 cm³/mol. The molecule has 1 heterocycles. The zero-order valence-electron chi connectivity index (χ0n) is 33.4. The van der Waals surface area contributed by atoms with E-state index >= 15 is 0 Å². The number of rotatable bonds is 7. The van der Waals surface area contributed by atoms with Crippen molar-refractivity contribution in [2.45, 2.75) is 5.41 Å². The molecule has 0 saturated carbocycles. The first-order valence-electron chi connectivity index (χ1n) is 21.0. The standard InChI is InChI=1S/C59H39NO/c1-3-19-45(20-4-1)59(54-29-11-9-26-51(54)52-27-10-12-30-55(52)59)46-21-14-25-49(39-46)60(47-22-5-2-6-23-47)48-24-13-18-42(37-48)43-34-35-56-53(38-43)58-50(28-15-31-57(58)61-56)44-33-32-40-16-7-8-17-41(40)36-44/h1-39H. The van der Waals surface area contributed by atoms with Gasteiger partial charge in [0.15, 0.2) is 0 Å². The van der Waals surface area contributed by atoms with Gasteiger partial charge >= 0.3 is 0 Å². The van der Waals surface area contributed by atoms with Crippen LogP contribution in [-0.2, 0) is 5.41 Å². The van der Waals surface area contributed by atoms with Crippen LogP contribution in [0.1, 0.15) is 22.3 Å². The number of benzene rings is 10. The lowest BCUT2D eigenvalue weighted by atomic mass is 9.67. The molecule has 0 bridgehead atoms. The van der Waals surface area contributed by atoms with Gasteiger partial charge in [0.2, 0.25) is 0 Å². The summed E-state index contributed by atoms with van der Waals surface area (Å²) in [6, 6.07) is 86.0. The summed E-state index contributed by atoms with van der Waals surface area (Å²) in [5.74, 6) is 0. The molecule has 0 spiro atoms. The van der Waals surface area contributed by atoms with Crippen LogP contribution in [0, 0.1) is 0 Å². The van der Waals surface area contributed by atoms with Gasteiger partial charge in [0.05, 0.1) is 5.41 Å². The molecule has 0 unspecified atom stereocenters. The van der Waals surface area contributed by atoms with Crippen LogP contribution in [0.5, 0.6) is 0 Å². The first-order valence-corrected chi connectivity index (χ1v) is 21.0. The predicted octanol–water partition coefficient (Wildman–Crippen LogP) is 15.9. The van der Waals surface area contributed by atoms with Crippen molar-refractivity contribution in [3.05, 3.63) is 259 Å². The van der Waals surface area contributed by atoms with Gasteiger partial charge in [-0.25, -0.2) is 0 Å². The molecule has 1 aromatic heterocycles. The molecule has 10 aromatic carbocycles. The molecule has 2 heteroatoms. The van der Waals surface area contributed by atoms with Gasteiger partial charge in [0.1, 0.15) is 11.2 Å². The maximum absolute atomic E-state index is 6.50. The van der Waals surface area contributed by atoms with Crippen LogP contribution in [0.25, 0.3) is 66.1 Å². The second-order valence-electron chi connectivity index (χ2n) is 16.0. The average molecular weight is 778 g/mol. The molecule has 0 aliphatic heterocycles. The van der Waals surface area contributed by atoms with Gasteiger partial charge in [-0.3, -0.25) is 0 Å². The number of hydrogen-bond acceptors (Lipinski definition) is 2. The number of nitrogens with zero attached hydrogens (tertiary/aromatic N) is 1. The van der Waals surface area contributed by atoms with E-state index in [0.29, 0.717) is 0 Å². The third-order valence-electron chi connectivity index (χ3n) is 12.7. The van der Waals surface area contributed by atoms with E-state index in [0.717, 1.165) is 50.1 Å². The minimum absolute atomic E-state index is 0.497. The number of fused-ring (bicyclic) bond motifs is 7. The van der Waals surface area contributed by atoms with E-state index in [1.54, 1.807) is 0 Å². The van der Waals surface area contributed by atoms with Gasteiger partial charge in [0.25, 0.3) is 0 Å². The van der Waals surface area contributed by atoms with Crippen molar-refractivity contribution >= 4 is 49.8 Å². The summed E-state index contributed by atoms with van der Waals surface area (Å²) in [5, 5.41) is 4.70. The SMILES string of the molecule is c1ccc(N(c2cccc(-c3ccc4oc5cccc(-c6ccc7ccccc7c6)c5c4c3)c2)c2cccc(C3(c4ccccc4)c4ccccc4-c4ccccc43)c2)cc1. The minimum atomic E-state index is -0.497. The molecule has 2 nitrogen and oxygen atoms in total. The van der Waals surface area contributed by atoms with Crippen molar-refractivity contribution in [1.82, 2.24) is 0 Å². The summed E-state index contributed by atoms with van der Waals surface area (Å²) in [5.41, 5.74) is 16.8. The molecule has 0 radical (unpaired) electrons. The van der Waals surface area contributed by atoms with E-state index < -0.39 is 5.41 Å². The van der Waals surface area contributed by atoms with Gasteiger partial charge in [-0.1, -0.05) is 176 Å². The fourth-order valence-electron chi connectivity index (χ4n) is 10.0. The van der Waals surface area contributed by atoms with Crippen LogP contribution < -0.4 is 4.90 Å². The molecule has 1 aliphatic carbocycles. The molecule has 0 N–H and O–H groups in total. The fraction of sp³-hybridized carbons (Fsp3) is 0.0169. The third-order valence-corrected chi connectivity index (χ3v) is 12.7. The molecule has 286 valence electrons. The van der Waals surface area contributed by atoms with Crippen LogP contribution in [0.15, 0.2) is 241 Å². The monoisotopic (exact) mass is 777 g/mol. The lowest BCUT2D eigenvalue weighted by Gasteiger charge is -2.35. The molecule has 11 aromatic rings. The van der Waals surface area contributed by atoms with Crippen molar-refractivity contribution in [3.8, 4) is 33.4 Å². The Bertz CT molecular complexity index is 3390. The highest BCUT2D eigenvalue weighted by molar-refractivity contribution is 6.14. The summed E-state index contributed by atoms with van der Waals surface area (Å²) >= 11 is 0. The first-order chi connectivity index (χ1) is 30.2. The molecule has 0 fully saturated rings. The second kappa shape index (κ2) is 14.1. The molecule has 1 aliphatic rings. The van der Waals surface area contributed by atoms with Crippen molar-refractivity contribution in [2.24, 2.45) is 0 Å². The lowest BCUT2D eigenvalue weighted by molar-refractivity contribution is 0.669. The van der Waals surface area contributed by atoms with Crippen molar-refractivity contribution < 1.29 is 4.42 Å². The molecular weight excluding hydrogens is 739 g/mol. The Kier molecular flexibility index (Phi) is 8.11. The normalized spacial score (nSPS) is 12.7. The Morgan fingerprint density at radius 3 is 1.69 bits per heavy atom. The number of furan rings is 1. The third kappa shape index (κ3) is 5.57. The van der Waals surface area contributed by atoms with E-state index in [9.17, 15) is 0 Å². The zero-order valence-corrected chi connectivity index (χ0v) is 33.4. The average Bonchev–Trinajstić information content (AvgIpc) is 3.86. The quantitative estimate of drug-likeness (QED) is 0.160. The number of anilines is 3. The smallest absolute Gasteiger partial charge is 0.136 e. The Morgan fingerprint density at radius 2 is 0.902 bits per heavy atom. The minimum Gasteiger partial charge on any atom is -0.456 e. The van der Waals surface area contributed by atoms with Crippen LogP contribution in [0.4, 0.5) is 17.1 Å². The fourth-order valence-corrected chi connectivity index (χ4v) is 10.0. The second-order valence-corrected chi connectivity index (χ2v) is 16.0. The summed E-state index contributed by atoms with van der Waals surface area (Å²) < 4.78 is 6.50. The van der Waals surface area contributed by atoms with E-state index in [1.165, 1.54) is 55.3 Å². The van der Waals surface area contributed by atoms with Gasteiger partial charge in [-0.05, 0) is 127 Å². The molecule has 0 amide bonds. The van der Waals surface area contributed by atoms with Crippen molar-refractivity contribution in [2.75, 3.05) is 4.90 Å². The van der Waals surface area contributed by atoms with E-state index in [4.69, 9.17) is 4.42 Å². The van der Waals surface area contributed by atoms with E-state index in [2.05, 4.69) is 241 Å². The molecule has 12 rings (SSSR count). The molecule has 0 saturated heterocycles. The van der Waals surface area contributed by atoms with Gasteiger partial charge in [-0.15, -0.1) is 0 Å². The summed E-state index contributed by atoms with van der Waals surface area (Å²) in [4.78, 5) is 2.39. The number of para-hydroxylation sites is 1. The highest BCUT2D eigenvalue weighted by Crippen LogP contribution is 2.56. The van der Waals surface area contributed by atoms with Crippen LogP contribution in [-0.4, -0.2) is 0 Å².